The minimum absolute atomic E-state index is 0.0857. The third-order valence-corrected chi connectivity index (χ3v) is 4.34. The van der Waals surface area contributed by atoms with E-state index in [0.29, 0.717) is 0 Å². The molecule has 1 saturated heterocycles. The van der Waals surface area contributed by atoms with Crippen LogP contribution in [0.3, 0.4) is 0 Å². The molecule has 2 rings (SSSR count). The van der Waals surface area contributed by atoms with Crippen LogP contribution >= 0.6 is 0 Å². The van der Waals surface area contributed by atoms with Gasteiger partial charge in [0.25, 0.3) is 0 Å². The van der Waals surface area contributed by atoms with Gasteiger partial charge in [0.2, 0.25) is 5.91 Å². The lowest BCUT2D eigenvalue weighted by Gasteiger charge is -2.34. The van der Waals surface area contributed by atoms with Crippen LogP contribution < -0.4 is 10.5 Å². The predicted molar refractivity (Wildman–Crippen MR) is 84.1 cm³/mol. The molecule has 1 aliphatic rings. The Hall–Kier alpha value is -1.55. The highest BCUT2D eigenvalue weighted by molar-refractivity contribution is 5.82. The molecule has 21 heavy (non-hydrogen) atoms. The van der Waals surface area contributed by atoms with Crippen molar-refractivity contribution in [1.29, 1.82) is 0 Å². The lowest BCUT2D eigenvalue weighted by molar-refractivity contribution is -0.135. The molecule has 4 heteroatoms. The van der Waals surface area contributed by atoms with Crippen molar-refractivity contribution in [2.24, 2.45) is 11.7 Å². The van der Waals surface area contributed by atoms with Gasteiger partial charge in [-0.2, -0.15) is 0 Å². The molecule has 0 radical (unpaired) electrons. The normalized spacial score (nSPS) is 19.1. The van der Waals surface area contributed by atoms with E-state index < -0.39 is 0 Å². The third kappa shape index (κ3) is 4.21. The van der Waals surface area contributed by atoms with Crippen molar-refractivity contribution in [2.45, 2.75) is 45.3 Å². The minimum Gasteiger partial charge on any atom is -0.490 e. The van der Waals surface area contributed by atoms with Gasteiger partial charge in [-0.05, 0) is 18.1 Å². The molecule has 1 aromatic carbocycles. The van der Waals surface area contributed by atoms with Gasteiger partial charge in [-0.15, -0.1) is 0 Å². The van der Waals surface area contributed by atoms with Gasteiger partial charge >= 0.3 is 0 Å². The fourth-order valence-corrected chi connectivity index (χ4v) is 2.59. The van der Waals surface area contributed by atoms with Gasteiger partial charge in [0, 0.05) is 25.9 Å². The van der Waals surface area contributed by atoms with E-state index in [1.54, 1.807) is 0 Å². The van der Waals surface area contributed by atoms with Crippen LogP contribution in [0.1, 0.15) is 33.1 Å². The summed E-state index contributed by atoms with van der Waals surface area (Å²) >= 11 is 0. The van der Waals surface area contributed by atoms with Crippen LogP contribution in [0.15, 0.2) is 30.3 Å². The maximum absolute atomic E-state index is 12.3. The van der Waals surface area contributed by atoms with E-state index in [0.717, 1.165) is 38.1 Å². The molecular formula is C17H26N2O2. The molecule has 1 amide bonds. The number of amides is 1. The van der Waals surface area contributed by atoms with Crippen molar-refractivity contribution in [3.05, 3.63) is 30.3 Å². The first-order chi connectivity index (χ1) is 10.1. The lowest BCUT2D eigenvalue weighted by Crippen LogP contribution is -2.50. The molecule has 0 aliphatic carbocycles. The maximum atomic E-state index is 12.3. The first-order valence-electron chi connectivity index (χ1n) is 7.88. The molecule has 1 aromatic rings. The second-order valence-electron chi connectivity index (χ2n) is 5.87. The van der Waals surface area contributed by atoms with Crippen LogP contribution in [0.2, 0.25) is 0 Å². The van der Waals surface area contributed by atoms with E-state index in [1.807, 2.05) is 42.2 Å². The first-order valence-corrected chi connectivity index (χ1v) is 7.88. The van der Waals surface area contributed by atoms with Gasteiger partial charge in [0.15, 0.2) is 0 Å². The van der Waals surface area contributed by atoms with Crippen LogP contribution in [0.25, 0.3) is 0 Å². The number of rotatable bonds is 5. The second kappa shape index (κ2) is 7.46. The van der Waals surface area contributed by atoms with Gasteiger partial charge in [0.05, 0.1) is 6.04 Å². The fourth-order valence-electron chi connectivity index (χ4n) is 2.59. The Morgan fingerprint density at radius 3 is 2.52 bits per heavy atom. The highest BCUT2D eigenvalue weighted by atomic mass is 16.5. The maximum Gasteiger partial charge on any atom is 0.239 e. The van der Waals surface area contributed by atoms with Crippen molar-refractivity contribution < 1.29 is 9.53 Å². The van der Waals surface area contributed by atoms with Gasteiger partial charge in [0.1, 0.15) is 11.9 Å². The third-order valence-electron chi connectivity index (χ3n) is 4.34. The second-order valence-corrected chi connectivity index (χ2v) is 5.87. The Morgan fingerprint density at radius 2 is 1.95 bits per heavy atom. The number of hydrogen-bond donors (Lipinski definition) is 1. The Bertz CT molecular complexity index is 441. The highest BCUT2D eigenvalue weighted by Gasteiger charge is 2.29. The molecule has 4 nitrogen and oxygen atoms in total. The summed E-state index contributed by atoms with van der Waals surface area (Å²) in [6, 6.07) is 9.48. The van der Waals surface area contributed by atoms with Gasteiger partial charge in [-0.3, -0.25) is 4.79 Å². The number of benzene rings is 1. The smallest absolute Gasteiger partial charge is 0.239 e. The van der Waals surface area contributed by atoms with Crippen molar-refractivity contribution in [3.63, 3.8) is 0 Å². The van der Waals surface area contributed by atoms with E-state index in [-0.39, 0.29) is 24.0 Å². The summed E-state index contributed by atoms with van der Waals surface area (Å²) in [5.41, 5.74) is 6.04. The zero-order valence-electron chi connectivity index (χ0n) is 13.0. The Balaban J connectivity index is 1.81. The van der Waals surface area contributed by atoms with Crippen molar-refractivity contribution >= 4 is 5.91 Å². The minimum atomic E-state index is -0.374. The summed E-state index contributed by atoms with van der Waals surface area (Å²) in [6.07, 6.45) is 2.86. The number of piperidine rings is 1. The largest absolute Gasteiger partial charge is 0.490 e. The number of carbonyl (C=O) groups excluding carboxylic acids is 1. The Morgan fingerprint density at radius 1 is 1.33 bits per heavy atom. The van der Waals surface area contributed by atoms with E-state index in [4.69, 9.17) is 10.5 Å². The highest BCUT2D eigenvalue weighted by Crippen LogP contribution is 2.20. The zero-order valence-corrected chi connectivity index (χ0v) is 13.0. The fraction of sp³-hybridized carbons (Fsp3) is 0.588. The summed E-state index contributed by atoms with van der Waals surface area (Å²) in [7, 11) is 0. The molecule has 0 bridgehead atoms. The number of nitrogens with zero attached hydrogens (tertiary/aromatic N) is 1. The van der Waals surface area contributed by atoms with Crippen LogP contribution in [0, 0.1) is 5.92 Å². The van der Waals surface area contributed by atoms with E-state index in [9.17, 15) is 4.79 Å². The van der Waals surface area contributed by atoms with Crippen molar-refractivity contribution in [1.82, 2.24) is 4.90 Å². The van der Waals surface area contributed by atoms with E-state index in [2.05, 4.69) is 6.92 Å². The number of nitrogens with two attached hydrogens (primary N) is 1. The first kappa shape index (κ1) is 15.8. The molecule has 2 unspecified atom stereocenters. The molecule has 0 spiro atoms. The average molecular weight is 290 g/mol. The molecule has 1 heterocycles. The van der Waals surface area contributed by atoms with E-state index in [1.165, 1.54) is 0 Å². The summed E-state index contributed by atoms with van der Waals surface area (Å²) in [5.74, 6) is 1.22. The summed E-state index contributed by atoms with van der Waals surface area (Å²) < 4.78 is 5.94. The Kier molecular flexibility index (Phi) is 5.62. The summed E-state index contributed by atoms with van der Waals surface area (Å²) in [5, 5.41) is 0. The van der Waals surface area contributed by atoms with Crippen LogP contribution in [0.5, 0.6) is 5.75 Å². The van der Waals surface area contributed by atoms with Crippen molar-refractivity contribution in [3.8, 4) is 5.75 Å². The molecule has 2 atom stereocenters. The molecular weight excluding hydrogens is 264 g/mol. The Labute approximate surface area is 127 Å². The van der Waals surface area contributed by atoms with Crippen LogP contribution in [-0.2, 0) is 4.79 Å². The van der Waals surface area contributed by atoms with Crippen LogP contribution in [0.4, 0.5) is 0 Å². The molecule has 0 saturated carbocycles. The molecule has 2 N–H and O–H groups in total. The van der Waals surface area contributed by atoms with Crippen molar-refractivity contribution in [2.75, 3.05) is 13.1 Å². The molecule has 1 aliphatic heterocycles. The number of carbonyl (C=O) groups is 1. The summed E-state index contributed by atoms with van der Waals surface area (Å²) in [6.45, 7) is 5.58. The van der Waals surface area contributed by atoms with Gasteiger partial charge < -0.3 is 15.4 Å². The molecule has 0 aromatic heterocycles. The number of ether oxygens (including phenoxy) is 1. The predicted octanol–water partition coefficient (Wildman–Crippen LogP) is 2.43. The lowest BCUT2D eigenvalue weighted by atomic mass is 9.97. The quantitative estimate of drug-likeness (QED) is 0.906. The van der Waals surface area contributed by atoms with E-state index >= 15 is 0 Å². The topological polar surface area (TPSA) is 55.6 Å². The number of para-hydroxylation sites is 1. The van der Waals surface area contributed by atoms with Gasteiger partial charge in [-0.25, -0.2) is 0 Å². The average Bonchev–Trinajstić information content (AvgIpc) is 2.54. The summed E-state index contributed by atoms with van der Waals surface area (Å²) in [4.78, 5) is 14.2. The standard InChI is InChI=1S/C17H26N2O2/c1-3-13(2)16(18)17(20)19-11-9-15(10-12-19)21-14-7-5-4-6-8-14/h4-8,13,15-16H,3,9-12,18H2,1-2H3. The monoisotopic (exact) mass is 290 g/mol. The number of hydrogen-bond acceptors (Lipinski definition) is 3. The number of likely N-dealkylation sites (tertiary alicyclic amines) is 1. The van der Waals surface area contributed by atoms with Crippen LogP contribution in [-0.4, -0.2) is 36.0 Å². The SMILES string of the molecule is CCC(C)C(N)C(=O)N1CCC(Oc2ccccc2)CC1. The molecule has 1 fully saturated rings. The van der Waals surface area contributed by atoms with Gasteiger partial charge in [-0.1, -0.05) is 38.5 Å². The molecule has 116 valence electrons. The zero-order chi connectivity index (χ0) is 15.2.